The molecule has 1 aromatic carbocycles. The van der Waals surface area contributed by atoms with Crippen LogP contribution < -0.4 is 15.4 Å². The molecule has 1 amide bonds. The molecule has 0 aliphatic heterocycles. The van der Waals surface area contributed by atoms with Crippen LogP contribution in [0.5, 0.6) is 5.75 Å². The van der Waals surface area contributed by atoms with Gasteiger partial charge in [0.25, 0.3) is 5.91 Å². The predicted octanol–water partition coefficient (Wildman–Crippen LogP) is 2.72. The Morgan fingerprint density at radius 2 is 2.19 bits per heavy atom. The standard InChI is InChI=1S/C15H16ClN3O2/c1-17-14-7-12(13(16)9-18-14)15(20)19-8-10-4-3-5-11(6-10)21-2/h3-7,9H,8H2,1-2H3,(H,17,18)(H,19,20). The van der Waals surface area contributed by atoms with E-state index in [-0.39, 0.29) is 5.91 Å². The third-order valence-electron chi connectivity index (χ3n) is 2.94. The summed E-state index contributed by atoms with van der Waals surface area (Å²) >= 11 is 6.01. The van der Waals surface area contributed by atoms with E-state index in [1.54, 1.807) is 20.2 Å². The van der Waals surface area contributed by atoms with Gasteiger partial charge in [-0.25, -0.2) is 4.98 Å². The van der Waals surface area contributed by atoms with Crippen LogP contribution in [-0.4, -0.2) is 25.0 Å². The van der Waals surface area contributed by atoms with Crippen LogP contribution in [0.2, 0.25) is 5.02 Å². The highest BCUT2D eigenvalue weighted by atomic mass is 35.5. The lowest BCUT2D eigenvalue weighted by atomic mass is 10.2. The smallest absolute Gasteiger partial charge is 0.253 e. The van der Waals surface area contributed by atoms with Gasteiger partial charge >= 0.3 is 0 Å². The molecule has 0 fully saturated rings. The highest BCUT2D eigenvalue weighted by Crippen LogP contribution is 2.18. The van der Waals surface area contributed by atoms with Gasteiger partial charge in [0.2, 0.25) is 0 Å². The van der Waals surface area contributed by atoms with Crippen LogP contribution in [0, 0.1) is 0 Å². The van der Waals surface area contributed by atoms with Crippen LogP contribution in [0.25, 0.3) is 0 Å². The van der Waals surface area contributed by atoms with Gasteiger partial charge in [0.1, 0.15) is 11.6 Å². The SMILES string of the molecule is CNc1cc(C(=O)NCc2cccc(OC)c2)c(Cl)cn1. The summed E-state index contributed by atoms with van der Waals surface area (Å²) in [6, 6.07) is 9.12. The number of pyridine rings is 1. The average Bonchev–Trinajstić information content (AvgIpc) is 2.53. The van der Waals surface area contributed by atoms with Gasteiger partial charge in [-0.3, -0.25) is 4.79 Å². The van der Waals surface area contributed by atoms with Crippen LogP contribution in [0.1, 0.15) is 15.9 Å². The number of halogens is 1. The fourth-order valence-electron chi connectivity index (χ4n) is 1.81. The van der Waals surface area contributed by atoms with E-state index in [1.165, 1.54) is 6.20 Å². The van der Waals surface area contributed by atoms with E-state index >= 15 is 0 Å². The second-order valence-electron chi connectivity index (χ2n) is 4.33. The number of benzene rings is 1. The van der Waals surface area contributed by atoms with Gasteiger partial charge in [-0.1, -0.05) is 23.7 Å². The second-order valence-corrected chi connectivity index (χ2v) is 4.74. The van der Waals surface area contributed by atoms with Gasteiger partial charge in [-0.2, -0.15) is 0 Å². The third-order valence-corrected chi connectivity index (χ3v) is 3.24. The summed E-state index contributed by atoms with van der Waals surface area (Å²) in [5.41, 5.74) is 1.33. The summed E-state index contributed by atoms with van der Waals surface area (Å²) in [5.74, 6) is 1.09. The minimum absolute atomic E-state index is 0.248. The van der Waals surface area contributed by atoms with Crippen molar-refractivity contribution in [1.82, 2.24) is 10.3 Å². The van der Waals surface area contributed by atoms with Crippen molar-refractivity contribution in [2.24, 2.45) is 0 Å². The Balaban J connectivity index is 2.07. The number of ether oxygens (including phenoxy) is 1. The quantitative estimate of drug-likeness (QED) is 0.891. The first kappa shape index (κ1) is 15.1. The number of hydrogen-bond donors (Lipinski definition) is 2. The van der Waals surface area contributed by atoms with Crippen LogP contribution in [0.3, 0.4) is 0 Å². The molecule has 21 heavy (non-hydrogen) atoms. The molecule has 0 aliphatic rings. The molecule has 2 N–H and O–H groups in total. The molecule has 0 aliphatic carbocycles. The van der Waals surface area contributed by atoms with Crippen molar-refractivity contribution in [3.05, 3.63) is 52.7 Å². The van der Waals surface area contributed by atoms with Crippen molar-refractivity contribution in [3.8, 4) is 5.75 Å². The lowest BCUT2D eigenvalue weighted by Gasteiger charge is -2.09. The van der Waals surface area contributed by atoms with E-state index in [0.29, 0.717) is 22.9 Å². The Hall–Kier alpha value is -2.27. The van der Waals surface area contributed by atoms with Crippen molar-refractivity contribution in [1.29, 1.82) is 0 Å². The van der Waals surface area contributed by atoms with E-state index < -0.39 is 0 Å². The van der Waals surface area contributed by atoms with E-state index in [9.17, 15) is 4.79 Å². The number of nitrogens with zero attached hydrogens (tertiary/aromatic N) is 1. The first-order valence-corrected chi connectivity index (χ1v) is 6.76. The summed E-state index contributed by atoms with van der Waals surface area (Å²) in [5, 5.41) is 6.01. The summed E-state index contributed by atoms with van der Waals surface area (Å²) in [7, 11) is 3.34. The first-order chi connectivity index (χ1) is 10.1. The lowest BCUT2D eigenvalue weighted by molar-refractivity contribution is 0.0951. The van der Waals surface area contributed by atoms with Gasteiger partial charge < -0.3 is 15.4 Å². The number of carbonyl (C=O) groups is 1. The normalized spacial score (nSPS) is 10.0. The molecule has 110 valence electrons. The molecule has 5 nitrogen and oxygen atoms in total. The summed E-state index contributed by atoms with van der Waals surface area (Å²) in [4.78, 5) is 16.2. The maximum absolute atomic E-state index is 12.2. The first-order valence-electron chi connectivity index (χ1n) is 6.38. The molecule has 2 rings (SSSR count). The molecule has 1 aromatic heterocycles. The van der Waals surface area contributed by atoms with Crippen LogP contribution in [0.4, 0.5) is 5.82 Å². The third kappa shape index (κ3) is 3.86. The van der Waals surface area contributed by atoms with Crippen molar-refractivity contribution in [2.75, 3.05) is 19.5 Å². The largest absolute Gasteiger partial charge is 0.497 e. The Kier molecular flexibility index (Phi) is 5.00. The number of aromatic nitrogens is 1. The van der Waals surface area contributed by atoms with E-state index in [0.717, 1.165) is 11.3 Å². The van der Waals surface area contributed by atoms with Gasteiger partial charge in [0.05, 0.1) is 17.7 Å². The number of amides is 1. The number of hydrogen-bond acceptors (Lipinski definition) is 4. The molecule has 6 heteroatoms. The number of methoxy groups -OCH3 is 1. The van der Waals surface area contributed by atoms with E-state index in [4.69, 9.17) is 16.3 Å². The summed E-state index contributed by atoms with van der Waals surface area (Å²) in [6.45, 7) is 0.392. The van der Waals surface area contributed by atoms with E-state index in [2.05, 4.69) is 15.6 Å². The Morgan fingerprint density at radius 3 is 2.90 bits per heavy atom. The van der Waals surface area contributed by atoms with Gasteiger partial charge in [0.15, 0.2) is 0 Å². The van der Waals surface area contributed by atoms with Crippen molar-refractivity contribution in [2.45, 2.75) is 6.54 Å². The van der Waals surface area contributed by atoms with Gasteiger partial charge in [-0.05, 0) is 23.8 Å². The number of nitrogens with one attached hydrogen (secondary N) is 2. The van der Waals surface area contributed by atoms with Gasteiger partial charge in [0, 0.05) is 19.8 Å². The minimum atomic E-state index is -0.248. The molecule has 0 saturated carbocycles. The molecule has 0 saturated heterocycles. The molecule has 0 atom stereocenters. The summed E-state index contributed by atoms with van der Waals surface area (Å²) < 4.78 is 5.15. The van der Waals surface area contributed by atoms with Crippen molar-refractivity contribution in [3.63, 3.8) is 0 Å². The highest BCUT2D eigenvalue weighted by molar-refractivity contribution is 6.33. The van der Waals surface area contributed by atoms with Crippen LogP contribution >= 0.6 is 11.6 Å². The fourth-order valence-corrected chi connectivity index (χ4v) is 2.00. The zero-order chi connectivity index (χ0) is 15.2. The van der Waals surface area contributed by atoms with Crippen molar-refractivity contribution < 1.29 is 9.53 Å². The zero-order valence-electron chi connectivity index (χ0n) is 11.8. The molecule has 1 heterocycles. The molecular weight excluding hydrogens is 290 g/mol. The topological polar surface area (TPSA) is 63.2 Å². The van der Waals surface area contributed by atoms with Gasteiger partial charge in [-0.15, -0.1) is 0 Å². The molecule has 0 spiro atoms. The molecule has 2 aromatic rings. The summed E-state index contributed by atoms with van der Waals surface area (Å²) in [6.07, 6.45) is 1.45. The zero-order valence-corrected chi connectivity index (χ0v) is 12.6. The number of anilines is 1. The molecular formula is C15H16ClN3O2. The minimum Gasteiger partial charge on any atom is -0.497 e. The molecule has 0 bridgehead atoms. The highest BCUT2D eigenvalue weighted by Gasteiger charge is 2.11. The Labute approximate surface area is 128 Å². The average molecular weight is 306 g/mol. The molecule has 0 unspecified atom stereocenters. The number of rotatable bonds is 5. The van der Waals surface area contributed by atoms with Crippen LogP contribution in [-0.2, 0) is 6.54 Å². The number of carbonyl (C=O) groups excluding carboxylic acids is 1. The predicted molar refractivity (Wildman–Crippen MR) is 83.0 cm³/mol. The van der Waals surface area contributed by atoms with E-state index in [1.807, 2.05) is 24.3 Å². The maximum Gasteiger partial charge on any atom is 0.253 e. The Bertz CT molecular complexity index is 647. The monoisotopic (exact) mass is 305 g/mol. The maximum atomic E-state index is 12.2. The Morgan fingerprint density at radius 1 is 1.38 bits per heavy atom. The lowest BCUT2D eigenvalue weighted by Crippen LogP contribution is -2.23. The second kappa shape index (κ2) is 6.95. The molecule has 0 radical (unpaired) electrons. The van der Waals surface area contributed by atoms with Crippen LogP contribution in [0.15, 0.2) is 36.5 Å². The fraction of sp³-hybridized carbons (Fsp3) is 0.200. The van der Waals surface area contributed by atoms with Crippen molar-refractivity contribution >= 4 is 23.3 Å².